The molecule has 4 rings (SSSR count). The SMILES string of the molecule is COc1ccccc1-c1nc(C(=O)N2CCN(C(=O)c3ccccc3OC(F)F)CC2)cs1. The molecule has 2 aromatic carbocycles. The number of hydrogen-bond acceptors (Lipinski definition) is 6. The summed E-state index contributed by atoms with van der Waals surface area (Å²) in [5, 5.41) is 2.39. The molecule has 1 saturated heterocycles. The van der Waals surface area contributed by atoms with E-state index in [4.69, 9.17) is 4.74 Å². The van der Waals surface area contributed by atoms with Gasteiger partial charge in [-0.1, -0.05) is 24.3 Å². The number of rotatable bonds is 6. The Labute approximate surface area is 193 Å². The highest BCUT2D eigenvalue weighted by Gasteiger charge is 2.28. The molecule has 33 heavy (non-hydrogen) atoms. The highest BCUT2D eigenvalue weighted by atomic mass is 32.1. The first-order valence-corrected chi connectivity index (χ1v) is 11.1. The lowest BCUT2D eigenvalue weighted by Gasteiger charge is -2.34. The van der Waals surface area contributed by atoms with Gasteiger partial charge in [0.25, 0.3) is 11.8 Å². The van der Waals surface area contributed by atoms with Crippen LogP contribution in [0.15, 0.2) is 53.9 Å². The van der Waals surface area contributed by atoms with Gasteiger partial charge in [-0.05, 0) is 24.3 Å². The van der Waals surface area contributed by atoms with Crippen molar-refractivity contribution in [3.8, 4) is 22.1 Å². The van der Waals surface area contributed by atoms with Crippen LogP contribution in [0.25, 0.3) is 10.6 Å². The Morgan fingerprint density at radius 3 is 2.21 bits per heavy atom. The number of carbonyl (C=O) groups excluding carboxylic acids is 2. The van der Waals surface area contributed by atoms with Crippen molar-refractivity contribution in [1.82, 2.24) is 14.8 Å². The fraction of sp³-hybridized carbons (Fsp3) is 0.261. The maximum Gasteiger partial charge on any atom is 0.387 e. The van der Waals surface area contributed by atoms with E-state index in [9.17, 15) is 18.4 Å². The van der Waals surface area contributed by atoms with E-state index in [2.05, 4.69) is 9.72 Å². The summed E-state index contributed by atoms with van der Waals surface area (Å²) >= 11 is 1.36. The van der Waals surface area contributed by atoms with Crippen LogP contribution >= 0.6 is 11.3 Å². The van der Waals surface area contributed by atoms with Gasteiger partial charge >= 0.3 is 6.61 Å². The van der Waals surface area contributed by atoms with Crippen LogP contribution in [-0.2, 0) is 0 Å². The zero-order valence-electron chi connectivity index (χ0n) is 17.7. The number of para-hydroxylation sites is 2. The van der Waals surface area contributed by atoms with E-state index >= 15 is 0 Å². The van der Waals surface area contributed by atoms with E-state index in [0.29, 0.717) is 29.5 Å². The maximum absolute atomic E-state index is 13.0. The molecule has 10 heteroatoms. The van der Waals surface area contributed by atoms with Crippen molar-refractivity contribution in [2.75, 3.05) is 33.3 Å². The average Bonchev–Trinajstić information content (AvgIpc) is 3.33. The Balaban J connectivity index is 1.41. The summed E-state index contributed by atoms with van der Waals surface area (Å²) in [7, 11) is 1.58. The molecule has 1 fully saturated rings. The number of aromatic nitrogens is 1. The van der Waals surface area contributed by atoms with Gasteiger partial charge in [0.2, 0.25) is 0 Å². The zero-order valence-corrected chi connectivity index (χ0v) is 18.6. The van der Waals surface area contributed by atoms with E-state index in [1.807, 2.05) is 24.3 Å². The highest BCUT2D eigenvalue weighted by Crippen LogP contribution is 2.32. The summed E-state index contributed by atoms with van der Waals surface area (Å²) in [4.78, 5) is 33.4. The fourth-order valence-corrected chi connectivity index (χ4v) is 4.43. The van der Waals surface area contributed by atoms with Crippen molar-refractivity contribution in [2.24, 2.45) is 0 Å². The third-order valence-corrected chi connectivity index (χ3v) is 6.12. The van der Waals surface area contributed by atoms with E-state index < -0.39 is 12.5 Å². The second-order valence-electron chi connectivity index (χ2n) is 7.20. The van der Waals surface area contributed by atoms with Crippen LogP contribution < -0.4 is 9.47 Å². The van der Waals surface area contributed by atoms with Gasteiger partial charge in [0.05, 0.1) is 18.2 Å². The summed E-state index contributed by atoms with van der Waals surface area (Å²) in [6, 6.07) is 13.4. The summed E-state index contributed by atoms with van der Waals surface area (Å²) in [5.41, 5.74) is 1.21. The van der Waals surface area contributed by atoms with Gasteiger partial charge in [0.1, 0.15) is 22.2 Å². The Morgan fingerprint density at radius 1 is 0.939 bits per heavy atom. The first kappa shape index (κ1) is 22.7. The van der Waals surface area contributed by atoms with Crippen molar-refractivity contribution >= 4 is 23.2 Å². The van der Waals surface area contributed by atoms with Gasteiger partial charge in [-0.2, -0.15) is 8.78 Å². The first-order valence-electron chi connectivity index (χ1n) is 10.2. The fourth-order valence-electron chi connectivity index (χ4n) is 3.60. The van der Waals surface area contributed by atoms with Gasteiger partial charge in [0, 0.05) is 31.6 Å². The molecule has 1 aromatic heterocycles. The van der Waals surface area contributed by atoms with Crippen LogP contribution in [0.3, 0.4) is 0 Å². The number of halogens is 2. The minimum atomic E-state index is -3.02. The molecule has 0 unspecified atom stereocenters. The third kappa shape index (κ3) is 4.95. The first-order chi connectivity index (χ1) is 16.0. The number of amides is 2. The van der Waals surface area contributed by atoms with Gasteiger partial charge in [0.15, 0.2) is 0 Å². The number of thiazole rings is 1. The topological polar surface area (TPSA) is 72.0 Å². The Morgan fingerprint density at radius 2 is 1.55 bits per heavy atom. The van der Waals surface area contributed by atoms with E-state index in [0.717, 1.165) is 5.56 Å². The third-order valence-electron chi connectivity index (χ3n) is 5.25. The number of benzene rings is 2. The Kier molecular flexibility index (Phi) is 6.83. The lowest BCUT2D eigenvalue weighted by Crippen LogP contribution is -2.50. The summed E-state index contributed by atoms with van der Waals surface area (Å²) < 4.78 is 35.2. The van der Waals surface area contributed by atoms with Gasteiger partial charge in [-0.25, -0.2) is 4.98 Å². The Hall–Kier alpha value is -3.53. The molecule has 3 aromatic rings. The molecule has 172 valence electrons. The summed E-state index contributed by atoms with van der Waals surface area (Å²) in [6.07, 6.45) is 0. The number of ether oxygens (including phenoxy) is 2. The molecule has 0 bridgehead atoms. The quantitative estimate of drug-likeness (QED) is 0.541. The van der Waals surface area contributed by atoms with Crippen LogP contribution in [0.4, 0.5) is 8.78 Å². The second kappa shape index (κ2) is 9.95. The molecule has 0 spiro atoms. The minimum absolute atomic E-state index is 0.0681. The minimum Gasteiger partial charge on any atom is -0.496 e. The van der Waals surface area contributed by atoms with Gasteiger partial charge in [-0.3, -0.25) is 9.59 Å². The van der Waals surface area contributed by atoms with E-state index in [1.165, 1.54) is 34.4 Å². The van der Waals surface area contributed by atoms with Crippen molar-refractivity contribution < 1.29 is 27.8 Å². The highest BCUT2D eigenvalue weighted by molar-refractivity contribution is 7.13. The maximum atomic E-state index is 13.0. The monoisotopic (exact) mass is 473 g/mol. The molecular formula is C23H21F2N3O4S. The normalized spacial score (nSPS) is 13.8. The molecular weight excluding hydrogens is 452 g/mol. The number of carbonyl (C=O) groups is 2. The standard InChI is InChI=1S/C23H21F2N3O4S/c1-31-18-8-4-2-6-15(18)20-26-17(14-33-20)22(30)28-12-10-27(11-13-28)21(29)16-7-3-5-9-19(16)32-23(24)25/h2-9,14,23H,10-13H2,1H3. The number of methoxy groups -OCH3 is 1. The predicted molar refractivity (Wildman–Crippen MR) is 119 cm³/mol. The smallest absolute Gasteiger partial charge is 0.387 e. The van der Waals surface area contributed by atoms with Crippen LogP contribution in [-0.4, -0.2) is 66.5 Å². The van der Waals surface area contributed by atoms with E-state index in [1.54, 1.807) is 23.5 Å². The summed E-state index contributed by atoms with van der Waals surface area (Å²) in [5.74, 6) is -0.122. The van der Waals surface area contributed by atoms with E-state index in [-0.39, 0.29) is 30.3 Å². The molecule has 7 nitrogen and oxygen atoms in total. The number of alkyl halides is 2. The number of hydrogen-bond donors (Lipinski definition) is 0. The van der Waals surface area contributed by atoms with Crippen molar-refractivity contribution in [2.45, 2.75) is 6.61 Å². The summed E-state index contributed by atoms with van der Waals surface area (Å²) in [6.45, 7) is -1.85. The van der Waals surface area contributed by atoms with Crippen LogP contribution in [0.5, 0.6) is 11.5 Å². The Bertz CT molecular complexity index is 1150. The molecule has 0 N–H and O–H groups in total. The number of piperazine rings is 1. The molecule has 2 amide bonds. The van der Waals surface area contributed by atoms with Crippen LogP contribution in [0, 0.1) is 0 Å². The van der Waals surface area contributed by atoms with Crippen molar-refractivity contribution in [3.05, 3.63) is 65.2 Å². The van der Waals surface area contributed by atoms with Crippen LogP contribution in [0.1, 0.15) is 20.8 Å². The average molecular weight is 474 g/mol. The molecule has 0 radical (unpaired) electrons. The number of nitrogens with zero attached hydrogens (tertiary/aromatic N) is 3. The van der Waals surface area contributed by atoms with Crippen molar-refractivity contribution in [1.29, 1.82) is 0 Å². The molecule has 0 atom stereocenters. The largest absolute Gasteiger partial charge is 0.496 e. The van der Waals surface area contributed by atoms with Crippen LogP contribution in [0.2, 0.25) is 0 Å². The lowest BCUT2D eigenvalue weighted by molar-refractivity contribution is -0.0503. The molecule has 1 aliphatic rings. The lowest BCUT2D eigenvalue weighted by atomic mass is 10.1. The molecule has 1 aliphatic heterocycles. The predicted octanol–water partition coefficient (Wildman–Crippen LogP) is 4.02. The molecule has 2 heterocycles. The molecule has 0 saturated carbocycles. The zero-order chi connectivity index (χ0) is 23.4. The van der Waals surface area contributed by atoms with Gasteiger partial charge in [-0.15, -0.1) is 11.3 Å². The molecule has 0 aliphatic carbocycles. The van der Waals surface area contributed by atoms with Gasteiger partial charge < -0.3 is 19.3 Å². The second-order valence-corrected chi connectivity index (χ2v) is 8.06. The van der Waals surface area contributed by atoms with Crippen molar-refractivity contribution in [3.63, 3.8) is 0 Å².